The van der Waals surface area contributed by atoms with Gasteiger partial charge in [-0.1, -0.05) is 12.1 Å². The van der Waals surface area contributed by atoms with Crippen LogP contribution in [0.3, 0.4) is 0 Å². The zero-order valence-corrected chi connectivity index (χ0v) is 16.4. The molecule has 3 N–H and O–H groups in total. The molecule has 3 aromatic heterocycles. The summed E-state index contributed by atoms with van der Waals surface area (Å²) in [4.78, 5) is 31.6. The Bertz CT molecular complexity index is 1160. The third kappa shape index (κ3) is 4.12. The van der Waals surface area contributed by atoms with Gasteiger partial charge in [0.2, 0.25) is 17.4 Å². The number of fused-ring (bicyclic) bond motifs is 1. The number of aromatic amines is 2. The van der Waals surface area contributed by atoms with Gasteiger partial charge < -0.3 is 10.2 Å². The van der Waals surface area contributed by atoms with Crippen LogP contribution in [-0.2, 0) is 0 Å². The van der Waals surface area contributed by atoms with Gasteiger partial charge in [-0.3, -0.25) is 9.59 Å². The van der Waals surface area contributed by atoms with E-state index in [0.717, 1.165) is 4.90 Å². The zero-order valence-electron chi connectivity index (χ0n) is 16.4. The Morgan fingerprint density at radius 3 is 2.56 bits per heavy atom. The first-order valence-electron chi connectivity index (χ1n) is 9.60. The molecule has 1 aliphatic heterocycles. The first kappa shape index (κ1) is 21.7. The predicted molar refractivity (Wildman–Crippen MR) is 98.7 cm³/mol. The summed E-state index contributed by atoms with van der Waals surface area (Å²) in [6.45, 7) is -0.956. The second kappa shape index (κ2) is 7.84. The van der Waals surface area contributed by atoms with Crippen molar-refractivity contribution >= 4 is 17.3 Å². The van der Waals surface area contributed by atoms with E-state index in [4.69, 9.17) is 0 Å². The van der Waals surface area contributed by atoms with Crippen molar-refractivity contribution in [1.82, 2.24) is 15.2 Å². The Kier molecular flexibility index (Phi) is 5.31. The van der Waals surface area contributed by atoms with Gasteiger partial charge in [0.05, 0.1) is 12.7 Å². The number of nitrogens with zero attached hydrogens (tertiary/aromatic N) is 2. The summed E-state index contributed by atoms with van der Waals surface area (Å²) in [5.74, 6) is -5.13. The molecule has 1 unspecified atom stereocenters. The van der Waals surface area contributed by atoms with Crippen LogP contribution < -0.4 is 14.7 Å². The van der Waals surface area contributed by atoms with Gasteiger partial charge in [0, 0.05) is 25.1 Å². The van der Waals surface area contributed by atoms with Crippen molar-refractivity contribution < 1.29 is 40.9 Å². The molecule has 0 spiro atoms. The first-order chi connectivity index (χ1) is 15.1. The highest BCUT2D eigenvalue weighted by Crippen LogP contribution is 2.31. The normalized spacial score (nSPS) is 16.8. The van der Waals surface area contributed by atoms with Gasteiger partial charge in [-0.05, 0) is 12.1 Å². The minimum absolute atomic E-state index is 0.122. The maximum atomic E-state index is 13.6. The molecular formula is C20H18F5N5O2+2. The van der Waals surface area contributed by atoms with E-state index in [2.05, 4.69) is 9.97 Å². The van der Waals surface area contributed by atoms with Crippen LogP contribution >= 0.6 is 0 Å². The lowest BCUT2D eigenvalue weighted by atomic mass is 10.1. The second-order valence-electron chi connectivity index (χ2n) is 7.40. The van der Waals surface area contributed by atoms with Crippen molar-refractivity contribution in [3.05, 3.63) is 66.0 Å². The summed E-state index contributed by atoms with van der Waals surface area (Å²) in [5.41, 5.74) is -0.463. The third-order valence-electron chi connectivity index (χ3n) is 5.13. The minimum Gasteiger partial charge on any atom is -0.328 e. The molecule has 1 fully saturated rings. The zero-order chi connectivity index (χ0) is 23.1. The van der Waals surface area contributed by atoms with E-state index >= 15 is 0 Å². The number of alkyl halides is 5. The van der Waals surface area contributed by atoms with Crippen molar-refractivity contribution in [3.63, 3.8) is 0 Å². The maximum absolute atomic E-state index is 13.6. The Morgan fingerprint density at radius 1 is 1.19 bits per heavy atom. The Hall–Kier alpha value is -3.57. The molecule has 12 heteroatoms. The van der Waals surface area contributed by atoms with E-state index in [1.165, 1.54) is 53.2 Å². The summed E-state index contributed by atoms with van der Waals surface area (Å²) < 4.78 is 69.2. The van der Waals surface area contributed by atoms with E-state index in [1.807, 2.05) is 5.32 Å². The topological polar surface area (TPSA) is 83.4 Å². The summed E-state index contributed by atoms with van der Waals surface area (Å²) >= 11 is 0. The number of carbonyl (C=O) groups excluding carboxylic acids is 2. The molecule has 1 atom stereocenters. The number of pyridine rings is 2. The monoisotopic (exact) mass is 455 g/mol. The lowest BCUT2D eigenvalue weighted by molar-refractivity contribution is -0.514. The van der Waals surface area contributed by atoms with E-state index in [1.54, 1.807) is 0 Å². The van der Waals surface area contributed by atoms with Crippen LogP contribution in [0.15, 0.2) is 48.8 Å². The van der Waals surface area contributed by atoms with Crippen molar-refractivity contribution in [1.29, 1.82) is 0 Å². The van der Waals surface area contributed by atoms with Gasteiger partial charge >= 0.3 is 17.9 Å². The standard InChI is InChI=1S/C20H16F5N5O2/c21-19(22)7-10-29(11-19)18(32)16-27-14(13-6-2-4-9-30(13)16)17(31)28-15(20(23,24)25)12-5-1-3-8-26-12/h1-6,8-9,15H,7,10-11H2,(H,28,31)/p+2. The van der Waals surface area contributed by atoms with Crippen LogP contribution in [0, 0.1) is 0 Å². The summed E-state index contributed by atoms with van der Waals surface area (Å²) in [6, 6.07) is 6.23. The fourth-order valence-electron chi connectivity index (χ4n) is 3.60. The van der Waals surface area contributed by atoms with Crippen molar-refractivity contribution in [3.8, 4) is 0 Å². The number of hydrogen-bond donors (Lipinski definition) is 2. The molecule has 4 rings (SSSR count). The number of H-pyrrole nitrogens is 2. The smallest absolute Gasteiger partial charge is 0.328 e. The summed E-state index contributed by atoms with van der Waals surface area (Å²) in [7, 11) is 0. The molecule has 168 valence electrons. The fourth-order valence-corrected chi connectivity index (χ4v) is 3.60. The van der Waals surface area contributed by atoms with E-state index in [-0.39, 0.29) is 29.3 Å². The highest BCUT2D eigenvalue weighted by molar-refractivity contribution is 6.00. The van der Waals surface area contributed by atoms with Crippen LogP contribution in [0.4, 0.5) is 22.0 Å². The van der Waals surface area contributed by atoms with Gasteiger partial charge in [-0.2, -0.15) is 17.6 Å². The van der Waals surface area contributed by atoms with Crippen LogP contribution in [0.5, 0.6) is 0 Å². The lowest BCUT2D eigenvalue weighted by Crippen LogP contribution is -2.41. The predicted octanol–water partition coefficient (Wildman–Crippen LogP) is 2.08. The van der Waals surface area contributed by atoms with Crippen LogP contribution in [0.25, 0.3) is 5.52 Å². The van der Waals surface area contributed by atoms with E-state index < -0.39 is 42.9 Å². The Labute approximate surface area is 177 Å². The molecule has 2 amide bonds. The number of imidazole rings is 1. The molecule has 7 nitrogen and oxygen atoms in total. The number of aromatic nitrogens is 3. The molecule has 0 bridgehead atoms. The van der Waals surface area contributed by atoms with Gasteiger partial charge in [-0.15, -0.1) is 0 Å². The average Bonchev–Trinajstić information content (AvgIpc) is 3.31. The average molecular weight is 455 g/mol. The maximum Gasteiger partial charge on any atom is 0.418 e. The van der Waals surface area contributed by atoms with Crippen LogP contribution in [0.1, 0.15) is 39.3 Å². The molecule has 32 heavy (non-hydrogen) atoms. The number of halogens is 5. The van der Waals surface area contributed by atoms with Crippen LogP contribution in [-0.4, -0.2) is 46.9 Å². The van der Waals surface area contributed by atoms with E-state index in [0.29, 0.717) is 0 Å². The molecule has 1 aliphatic rings. The Morgan fingerprint density at radius 2 is 1.94 bits per heavy atom. The molecule has 0 aromatic carbocycles. The van der Waals surface area contributed by atoms with Crippen molar-refractivity contribution in [2.75, 3.05) is 13.1 Å². The second-order valence-corrected chi connectivity index (χ2v) is 7.40. The number of rotatable bonds is 4. The summed E-state index contributed by atoms with van der Waals surface area (Å²) in [6.07, 6.45) is -2.59. The number of amides is 2. The molecule has 4 heterocycles. The summed E-state index contributed by atoms with van der Waals surface area (Å²) in [5, 5.41) is 1.93. The molecule has 0 radical (unpaired) electrons. The molecular weight excluding hydrogens is 437 g/mol. The Balaban J connectivity index is 1.69. The first-order valence-corrected chi connectivity index (χ1v) is 9.60. The van der Waals surface area contributed by atoms with Crippen molar-refractivity contribution in [2.45, 2.75) is 24.6 Å². The highest BCUT2D eigenvalue weighted by Gasteiger charge is 2.47. The highest BCUT2D eigenvalue weighted by atomic mass is 19.4. The quantitative estimate of drug-likeness (QED) is 0.467. The fraction of sp³-hybridized carbons (Fsp3) is 0.300. The van der Waals surface area contributed by atoms with Crippen LogP contribution in [0.2, 0.25) is 0 Å². The SMILES string of the molecule is O=C(NC(c1cccc[nH+]1)C(F)(F)F)c1[nH]c(C(=O)N2CCC(F)(F)C2)[n+]2ccccc12. The van der Waals surface area contributed by atoms with Gasteiger partial charge in [-0.25, -0.2) is 18.7 Å². The molecule has 0 saturated carbocycles. The number of nitrogens with one attached hydrogen (secondary N) is 3. The molecule has 3 aromatic rings. The number of carbonyl (C=O) groups is 2. The molecule has 0 aliphatic carbocycles. The van der Waals surface area contributed by atoms with Crippen molar-refractivity contribution in [2.24, 2.45) is 0 Å². The minimum atomic E-state index is -4.80. The van der Waals surface area contributed by atoms with Gasteiger partial charge in [0.15, 0.2) is 11.7 Å². The largest absolute Gasteiger partial charge is 0.418 e. The van der Waals surface area contributed by atoms with Gasteiger partial charge in [0.25, 0.3) is 11.8 Å². The molecule has 1 saturated heterocycles. The lowest BCUT2D eigenvalue weighted by Gasteiger charge is -2.17. The third-order valence-corrected chi connectivity index (χ3v) is 5.13. The van der Waals surface area contributed by atoms with Gasteiger partial charge in [0.1, 0.15) is 0 Å². The number of likely N-dealkylation sites (tertiary alicyclic amines) is 1. The van der Waals surface area contributed by atoms with E-state index in [9.17, 15) is 31.5 Å². The number of hydrogen-bond acceptors (Lipinski definition) is 2.